The van der Waals surface area contributed by atoms with Gasteiger partial charge in [-0.2, -0.15) is 0 Å². The molecule has 0 aliphatic rings. The molecule has 0 bridgehead atoms. The van der Waals surface area contributed by atoms with E-state index in [-0.39, 0.29) is 11.7 Å². The van der Waals surface area contributed by atoms with E-state index in [9.17, 15) is 9.18 Å². The molecular formula is C16H19FN2OS. The number of aryl methyl sites for hydroxylation is 1. The molecule has 0 aliphatic carbocycles. The van der Waals surface area contributed by atoms with Gasteiger partial charge in [0.15, 0.2) is 0 Å². The van der Waals surface area contributed by atoms with Crippen molar-refractivity contribution in [2.24, 2.45) is 0 Å². The first kappa shape index (κ1) is 15.7. The molecule has 1 aromatic carbocycles. The van der Waals surface area contributed by atoms with Gasteiger partial charge in [-0.05, 0) is 43.3 Å². The van der Waals surface area contributed by atoms with Crippen LogP contribution in [0.4, 0.5) is 4.39 Å². The number of amides is 1. The van der Waals surface area contributed by atoms with Gasteiger partial charge in [-0.15, -0.1) is 11.3 Å². The molecule has 2 rings (SSSR count). The maximum atomic E-state index is 13.0. The van der Waals surface area contributed by atoms with E-state index in [0.717, 1.165) is 22.5 Å². The first-order valence-corrected chi connectivity index (χ1v) is 7.61. The lowest BCUT2D eigenvalue weighted by molar-refractivity contribution is 0.0801. The number of carbonyl (C=O) groups is 1. The minimum Gasteiger partial charge on any atom is -0.340 e. The summed E-state index contributed by atoms with van der Waals surface area (Å²) in [5.41, 5.74) is 1.92. The second-order valence-corrected chi connectivity index (χ2v) is 6.17. The number of carbonyl (C=O) groups excluding carboxylic acids is 1. The average Bonchev–Trinajstić information content (AvgIpc) is 2.86. The highest BCUT2D eigenvalue weighted by atomic mass is 32.1. The SMILES string of the molecule is CNCCN(C)C(=O)c1cc(-c2ccc(F)cc2)c(C)s1. The predicted octanol–water partition coefficient (Wildman–Crippen LogP) is 3.15. The Bertz CT molecular complexity index is 622. The number of hydrogen-bond donors (Lipinski definition) is 1. The van der Waals surface area contributed by atoms with Gasteiger partial charge in [0, 0.05) is 25.0 Å². The minimum atomic E-state index is -0.255. The molecule has 5 heteroatoms. The molecule has 0 radical (unpaired) electrons. The third-order valence-corrected chi connectivity index (χ3v) is 4.37. The Morgan fingerprint density at radius 1 is 1.33 bits per heavy atom. The van der Waals surface area contributed by atoms with E-state index >= 15 is 0 Å². The smallest absolute Gasteiger partial charge is 0.263 e. The quantitative estimate of drug-likeness (QED) is 0.920. The van der Waals surface area contributed by atoms with Crippen molar-refractivity contribution in [3.63, 3.8) is 0 Å². The van der Waals surface area contributed by atoms with Crippen LogP contribution in [0.25, 0.3) is 11.1 Å². The molecule has 1 N–H and O–H groups in total. The van der Waals surface area contributed by atoms with E-state index < -0.39 is 0 Å². The highest BCUT2D eigenvalue weighted by molar-refractivity contribution is 7.14. The van der Waals surface area contributed by atoms with Crippen molar-refractivity contribution in [1.82, 2.24) is 10.2 Å². The summed E-state index contributed by atoms with van der Waals surface area (Å²) < 4.78 is 13.0. The summed E-state index contributed by atoms with van der Waals surface area (Å²) in [6.45, 7) is 3.41. The van der Waals surface area contributed by atoms with Gasteiger partial charge in [0.05, 0.1) is 4.88 Å². The van der Waals surface area contributed by atoms with Crippen molar-refractivity contribution in [1.29, 1.82) is 0 Å². The molecule has 2 aromatic rings. The Kier molecular flexibility index (Phi) is 5.09. The van der Waals surface area contributed by atoms with E-state index in [0.29, 0.717) is 11.4 Å². The molecule has 0 fully saturated rings. The maximum absolute atomic E-state index is 13.0. The fraction of sp³-hybridized carbons (Fsp3) is 0.312. The summed E-state index contributed by atoms with van der Waals surface area (Å²) in [4.78, 5) is 15.8. The van der Waals surface area contributed by atoms with Crippen LogP contribution in [0.1, 0.15) is 14.5 Å². The maximum Gasteiger partial charge on any atom is 0.263 e. The third kappa shape index (κ3) is 3.68. The van der Waals surface area contributed by atoms with Crippen LogP contribution in [-0.4, -0.2) is 38.0 Å². The van der Waals surface area contributed by atoms with E-state index in [2.05, 4.69) is 5.32 Å². The zero-order valence-electron chi connectivity index (χ0n) is 12.4. The highest BCUT2D eigenvalue weighted by Gasteiger charge is 2.16. The summed E-state index contributed by atoms with van der Waals surface area (Å²) in [6.07, 6.45) is 0. The molecule has 0 saturated heterocycles. The normalized spacial score (nSPS) is 10.7. The predicted molar refractivity (Wildman–Crippen MR) is 85.3 cm³/mol. The van der Waals surface area contributed by atoms with Gasteiger partial charge in [0.1, 0.15) is 5.82 Å². The first-order valence-electron chi connectivity index (χ1n) is 6.79. The fourth-order valence-corrected chi connectivity index (χ4v) is 3.11. The van der Waals surface area contributed by atoms with Crippen molar-refractivity contribution >= 4 is 17.2 Å². The molecule has 0 unspecified atom stereocenters. The van der Waals surface area contributed by atoms with Gasteiger partial charge in [-0.1, -0.05) is 12.1 Å². The Morgan fingerprint density at radius 2 is 2.00 bits per heavy atom. The summed E-state index contributed by atoms with van der Waals surface area (Å²) in [5.74, 6) is -0.235. The minimum absolute atomic E-state index is 0.0201. The molecule has 0 aliphatic heterocycles. The highest BCUT2D eigenvalue weighted by Crippen LogP contribution is 2.31. The molecule has 112 valence electrons. The van der Waals surface area contributed by atoms with Gasteiger partial charge in [-0.25, -0.2) is 4.39 Å². The van der Waals surface area contributed by atoms with Crippen LogP contribution < -0.4 is 5.32 Å². The Morgan fingerprint density at radius 3 is 2.62 bits per heavy atom. The number of halogens is 1. The van der Waals surface area contributed by atoms with Crippen LogP contribution in [-0.2, 0) is 0 Å². The number of benzene rings is 1. The lowest BCUT2D eigenvalue weighted by Crippen LogP contribution is -2.32. The molecule has 0 atom stereocenters. The van der Waals surface area contributed by atoms with Gasteiger partial charge < -0.3 is 10.2 Å². The lowest BCUT2D eigenvalue weighted by Gasteiger charge is -2.15. The van der Waals surface area contributed by atoms with Crippen molar-refractivity contribution in [2.75, 3.05) is 27.2 Å². The van der Waals surface area contributed by atoms with Gasteiger partial charge in [0.25, 0.3) is 5.91 Å². The topological polar surface area (TPSA) is 32.3 Å². The van der Waals surface area contributed by atoms with E-state index in [1.165, 1.54) is 23.5 Å². The summed E-state index contributed by atoms with van der Waals surface area (Å²) in [6, 6.07) is 8.25. The van der Waals surface area contributed by atoms with Gasteiger partial charge >= 0.3 is 0 Å². The number of nitrogens with one attached hydrogen (secondary N) is 1. The number of hydrogen-bond acceptors (Lipinski definition) is 3. The number of nitrogens with zero attached hydrogens (tertiary/aromatic N) is 1. The molecule has 1 aromatic heterocycles. The Balaban J connectivity index is 2.22. The van der Waals surface area contributed by atoms with Crippen molar-refractivity contribution < 1.29 is 9.18 Å². The first-order chi connectivity index (χ1) is 10.0. The average molecular weight is 306 g/mol. The molecular weight excluding hydrogens is 287 g/mol. The van der Waals surface area contributed by atoms with Crippen LogP contribution in [0.3, 0.4) is 0 Å². The molecule has 1 amide bonds. The molecule has 21 heavy (non-hydrogen) atoms. The number of thiophene rings is 1. The zero-order valence-corrected chi connectivity index (χ0v) is 13.3. The van der Waals surface area contributed by atoms with Crippen LogP contribution in [0.2, 0.25) is 0 Å². The summed E-state index contributed by atoms with van der Waals surface area (Å²) in [5, 5.41) is 3.03. The Hall–Kier alpha value is -1.72. The van der Waals surface area contributed by atoms with Crippen LogP contribution in [0.5, 0.6) is 0 Å². The molecule has 0 spiro atoms. The fourth-order valence-electron chi connectivity index (χ4n) is 2.07. The standard InChI is InChI=1S/C16H19FN2OS/c1-11-14(12-4-6-13(17)7-5-12)10-15(21-11)16(20)19(3)9-8-18-2/h4-7,10,18H,8-9H2,1-3H3. The van der Waals surface area contributed by atoms with Crippen LogP contribution in [0.15, 0.2) is 30.3 Å². The van der Waals surface area contributed by atoms with Gasteiger partial charge in [0.2, 0.25) is 0 Å². The Labute approximate surface area is 128 Å². The second kappa shape index (κ2) is 6.83. The monoisotopic (exact) mass is 306 g/mol. The van der Waals surface area contributed by atoms with E-state index in [1.807, 2.05) is 20.0 Å². The summed E-state index contributed by atoms with van der Waals surface area (Å²) in [7, 11) is 3.66. The third-order valence-electron chi connectivity index (χ3n) is 3.33. The second-order valence-electron chi connectivity index (χ2n) is 4.92. The van der Waals surface area contributed by atoms with Gasteiger partial charge in [-0.3, -0.25) is 4.79 Å². The molecule has 1 heterocycles. The summed E-state index contributed by atoms with van der Waals surface area (Å²) >= 11 is 1.48. The molecule has 0 saturated carbocycles. The largest absolute Gasteiger partial charge is 0.340 e. The van der Waals surface area contributed by atoms with Crippen molar-refractivity contribution in [3.8, 4) is 11.1 Å². The lowest BCUT2D eigenvalue weighted by atomic mass is 10.1. The number of rotatable bonds is 5. The van der Waals surface area contributed by atoms with E-state index in [1.54, 1.807) is 24.1 Å². The zero-order chi connectivity index (χ0) is 15.4. The van der Waals surface area contributed by atoms with Crippen LogP contribution >= 0.6 is 11.3 Å². The molecule has 3 nitrogen and oxygen atoms in total. The van der Waals surface area contributed by atoms with Crippen molar-refractivity contribution in [2.45, 2.75) is 6.92 Å². The van der Waals surface area contributed by atoms with E-state index in [4.69, 9.17) is 0 Å². The van der Waals surface area contributed by atoms with Crippen molar-refractivity contribution in [3.05, 3.63) is 45.9 Å². The number of likely N-dealkylation sites (N-methyl/N-ethyl adjacent to an activating group) is 2. The van der Waals surface area contributed by atoms with Crippen LogP contribution in [0, 0.1) is 12.7 Å².